The molecule has 1 rings (SSSR count). The van der Waals surface area contributed by atoms with Crippen molar-refractivity contribution in [1.82, 2.24) is 0 Å². The molecule has 112 valence electrons. The SMILES string of the molecule is Cc1c(NC(=O)C(C)CCCN)cccc1S(N)(=O)=O. The monoisotopic (exact) mass is 299 g/mol. The Morgan fingerprint density at radius 1 is 1.40 bits per heavy atom. The van der Waals surface area contributed by atoms with E-state index >= 15 is 0 Å². The third kappa shape index (κ3) is 4.29. The molecule has 5 N–H and O–H groups in total. The molecule has 0 aliphatic carbocycles. The molecule has 6 nitrogen and oxygen atoms in total. The van der Waals surface area contributed by atoms with Gasteiger partial charge in [-0.2, -0.15) is 0 Å². The maximum absolute atomic E-state index is 12.0. The van der Waals surface area contributed by atoms with Crippen LogP contribution in [0.4, 0.5) is 5.69 Å². The second kappa shape index (κ2) is 6.83. The molecule has 20 heavy (non-hydrogen) atoms. The predicted molar refractivity (Wildman–Crippen MR) is 78.6 cm³/mol. The standard InChI is InChI=1S/C13H21N3O3S/c1-9(5-4-8-14)13(17)16-11-6-3-7-12(10(11)2)20(15,18)19/h3,6-7,9H,4-5,8,14H2,1-2H3,(H,16,17)(H2,15,18,19). The number of primary sulfonamides is 1. The summed E-state index contributed by atoms with van der Waals surface area (Å²) in [5.74, 6) is -0.343. The molecule has 1 unspecified atom stereocenters. The Morgan fingerprint density at radius 2 is 2.05 bits per heavy atom. The van der Waals surface area contributed by atoms with Gasteiger partial charge in [0.15, 0.2) is 0 Å². The van der Waals surface area contributed by atoms with Crippen LogP contribution >= 0.6 is 0 Å². The summed E-state index contributed by atoms with van der Waals surface area (Å²) in [7, 11) is -3.79. The van der Waals surface area contributed by atoms with Gasteiger partial charge in [0.25, 0.3) is 0 Å². The number of benzene rings is 1. The van der Waals surface area contributed by atoms with Crippen molar-refractivity contribution in [1.29, 1.82) is 0 Å². The van der Waals surface area contributed by atoms with E-state index in [-0.39, 0.29) is 16.7 Å². The summed E-state index contributed by atoms with van der Waals surface area (Å²) < 4.78 is 22.8. The fraction of sp³-hybridized carbons (Fsp3) is 0.462. The zero-order valence-electron chi connectivity index (χ0n) is 11.7. The van der Waals surface area contributed by atoms with Crippen molar-refractivity contribution in [3.8, 4) is 0 Å². The summed E-state index contributed by atoms with van der Waals surface area (Å²) in [6.45, 7) is 3.96. The highest BCUT2D eigenvalue weighted by atomic mass is 32.2. The third-order valence-electron chi connectivity index (χ3n) is 3.14. The highest BCUT2D eigenvalue weighted by Crippen LogP contribution is 2.22. The summed E-state index contributed by atoms with van der Waals surface area (Å²) in [6.07, 6.45) is 1.46. The molecule has 0 heterocycles. The van der Waals surface area contributed by atoms with Crippen molar-refractivity contribution in [3.63, 3.8) is 0 Å². The quantitative estimate of drug-likeness (QED) is 0.725. The minimum atomic E-state index is -3.79. The normalized spacial score (nSPS) is 13.0. The number of carbonyl (C=O) groups is 1. The molecule has 1 atom stereocenters. The molecule has 0 radical (unpaired) electrons. The Labute approximate surface area is 119 Å². The predicted octanol–water partition coefficient (Wildman–Crippen LogP) is 0.956. The highest BCUT2D eigenvalue weighted by molar-refractivity contribution is 7.89. The lowest BCUT2D eigenvalue weighted by Gasteiger charge is -2.14. The van der Waals surface area contributed by atoms with E-state index < -0.39 is 10.0 Å². The maximum atomic E-state index is 12.0. The zero-order valence-corrected chi connectivity index (χ0v) is 12.5. The number of hydrogen-bond donors (Lipinski definition) is 3. The first kappa shape index (κ1) is 16.6. The van der Waals surface area contributed by atoms with Gasteiger partial charge in [0.2, 0.25) is 15.9 Å². The van der Waals surface area contributed by atoms with E-state index in [1.54, 1.807) is 19.1 Å². The molecular formula is C13H21N3O3S. The Bertz CT molecular complexity index is 585. The summed E-state index contributed by atoms with van der Waals surface area (Å²) in [5.41, 5.74) is 6.31. The van der Waals surface area contributed by atoms with Crippen LogP contribution in [0, 0.1) is 12.8 Å². The van der Waals surface area contributed by atoms with Crippen molar-refractivity contribution < 1.29 is 13.2 Å². The molecule has 0 saturated heterocycles. The van der Waals surface area contributed by atoms with Crippen LogP contribution in [0.2, 0.25) is 0 Å². The summed E-state index contributed by atoms with van der Waals surface area (Å²) in [5, 5.41) is 7.86. The minimum Gasteiger partial charge on any atom is -0.330 e. The number of sulfonamides is 1. The average molecular weight is 299 g/mol. The molecule has 1 amide bonds. The number of rotatable bonds is 6. The van der Waals surface area contributed by atoms with Gasteiger partial charge in [-0.1, -0.05) is 13.0 Å². The van der Waals surface area contributed by atoms with E-state index in [1.165, 1.54) is 6.07 Å². The molecule has 0 saturated carbocycles. The molecule has 0 bridgehead atoms. The van der Waals surface area contributed by atoms with Gasteiger partial charge in [-0.3, -0.25) is 4.79 Å². The van der Waals surface area contributed by atoms with Crippen LogP contribution in [-0.2, 0) is 14.8 Å². The van der Waals surface area contributed by atoms with Crippen molar-refractivity contribution in [3.05, 3.63) is 23.8 Å². The third-order valence-corrected chi connectivity index (χ3v) is 4.19. The molecular weight excluding hydrogens is 278 g/mol. The Balaban J connectivity index is 2.91. The van der Waals surface area contributed by atoms with E-state index in [0.717, 1.165) is 6.42 Å². The van der Waals surface area contributed by atoms with Gasteiger partial charge in [-0.05, 0) is 44.0 Å². The molecule has 1 aromatic rings. The van der Waals surface area contributed by atoms with Crippen LogP contribution in [-0.4, -0.2) is 20.9 Å². The van der Waals surface area contributed by atoms with E-state index in [0.29, 0.717) is 24.2 Å². The van der Waals surface area contributed by atoms with Crippen molar-refractivity contribution in [2.75, 3.05) is 11.9 Å². The fourth-order valence-corrected chi connectivity index (χ4v) is 2.67. The first-order chi connectivity index (χ1) is 9.27. The van der Waals surface area contributed by atoms with E-state index in [1.807, 2.05) is 6.92 Å². The molecule has 7 heteroatoms. The largest absolute Gasteiger partial charge is 0.330 e. The second-order valence-electron chi connectivity index (χ2n) is 4.79. The van der Waals surface area contributed by atoms with Crippen LogP contribution in [0.5, 0.6) is 0 Å². The Morgan fingerprint density at radius 3 is 2.60 bits per heavy atom. The number of amides is 1. The van der Waals surface area contributed by atoms with Gasteiger partial charge >= 0.3 is 0 Å². The summed E-state index contributed by atoms with van der Waals surface area (Å²) in [6, 6.07) is 4.61. The maximum Gasteiger partial charge on any atom is 0.238 e. The summed E-state index contributed by atoms with van der Waals surface area (Å²) >= 11 is 0. The minimum absolute atomic E-state index is 0.0184. The molecule has 0 aliphatic heterocycles. The van der Waals surface area contributed by atoms with Gasteiger partial charge in [-0.25, -0.2) is 13.6 Å². The smallest absolute Gasteiger partial charge is 0.238 e. The molecule has 1 aromatic carbocycles. The number of anilines is 1. The second-order valence-corrected chi connectivity index (χ2v) is 6.32. The molecule has 0 fully saturated rings. The molecule has 0 aliphatic rings. The van der Waals surface area contributed by atoms with Crippen molar-refractivity contribution in [2.45, 2.75) is 31.6 Å². The number of nitrogens with one attached hydrogen (secondary N) is 1. The van der Waals surface area contributed by atoms with E-state index in [2.05, 4.69) is 5.32 Å². The van der Waals surface area contributed by atoms with Crippen LogP contribution in [0.3, 0.4) is 0 Å². The lowest BCUT2D eigenvalue weighted by Crippen LogP contribution is -2.22. The Hall–Kier alpha value is -1.44. The van der Waals surface area contributed by atoms with E-state index in [4.69, 9.17) is 10.9 Å². The first-order valence-corrected chi connectivity index (χ1v) is 7.95. The van der Waals surface area contributed by atoms with Gasteiger partial charge < -0.3 is 11.1 Å². The van der Waals surface area contributed by atoms with Crippen LogP contribution in [0.15, 0.2) is 23.1 Å². The van der Waals surface area contributed by atoms with Gasteiger partial charge in [0, 0.05) is 11.6 Å². The van der Waals surface area contributed by atoms with E-state index in [9.17, 15) is 13.2 Å². The first-order valence-electron chi connectivity index (χ1n) is 6.40. The summed E-state index contributed by atoms with van der Waals surface area (Å²) in [4.78, 5) is 12.0. The molecule has 0 spiro atoms. The number of carbonyl (C=O) groups excluding carboxylic acids is 1. The van der Waals surface area contributed by atoms with Crippen LogP contribution in [0.1, 0.15) is 25.3 Å². The number of hydrogen-bond acceptors (Lipinski definition) is 4. The van der Waals surface area contributed by atoms with Gasteiger partial charge in [0.1, 0.15) is 0 Å². The topological polar surface area (TPSA) is 115 Å². The van der Waals surface area contributed by atoms with Crippen LogP contribution < -0.4 is 16.2 Å². The zero-order chi connectivity index (χ0) is 15.3. The average Bonchev–Trinajstić information content (AvgIpc) is 2.36. The molecule has 0 aromatic heterocycles. The van der Waals surface area contributed by atoms with Crippen molar-refractivity contribution >= 4 is 21.6 Å². The van der Waals surface area contributed by atoms with Crippen molar-refractivity contribution in [2.24, 2.45) is 16.8 Å². The fourth-order valence-electron chi connectivity index (χ4n) is 1.87. The van der Waals surface area contributed by atoms with Crippen LogP contribution in [0.25, 0.3) is 0 Å². The Kier molecular flexibility index (Phi) is 5.67. The van der Waals surface area contributed by atoms with Gasteiger partial charge in [0.05, 0.1) is 4.90 Å². The highest BCUT2D eigenvalue weighted by Gasteiger charge is 2.17. The number of nitrogens with two attached hydrogens (primary N) is 2. The lowest BCUT2D eigenvalue weighted by molar-refractivity contribution is -0.119. The lowest BCUT2D eigenvalue weighted by atomic mass is 10.0. The van der Waals surface area contributed by atoms with Gasteiger partial charge in [-0.15, -0.1) is 0 Å².